The summed E-state index contributed by atoms with van der Waals surface area (Å²) >= 11 is 3.37. The van der Waals surface area contributed by atoms with Crippen LogP contribution in [0.3, 0.4) is 0 Å². The number of rotatable bonds is 5. The molecule has 21 heavy (non-hydrogen) atoms. The Labute approximate surface area is 134 Å². The molecule has 0 unspecified atom stereocenters. The molecular weight excluding hydrogens is 356 g/mol. The fraction of sp³-hybridized carbons (Fsp3) is 0.571. The molecule has 5 nitrogen and oxygen atoms in total. The molecule has 0 aliphatic carbocycles. The quantitative estimate of drug-likeness (QED) is 0.852. The van der Waals surface area contributed by atoms with Crippen LogP contribution in [-0.2, 0) is 16.8 Å². The molecule has 2 rings (SSSR count). The number of aliphatic hydroxyl groups excluding tert-OH is 1. The highest BCUT2D eigenvalue weighted by Gasteiger charge is 2.30. The molecule has 1 aliphatic rings. The third-order valence-corrected chi connectivity index (χ3v) is 6.33. The highest BCUT2D eigenvalue weighted by molar-refractivity contribution is 9.10. The Morgan fingerprint density at radius 2 is 1.86 bits per heavy atom. The van der Waals surface area contributed by atoms with Gasteiger partial charge in [-0.25, -0.2) is 0 Å². The maximum Gasteiger partial charge on any atom is 0.282 e. The van der Waals surface area contributed by atoms with Gasteiger partial charge in [0.05, 0.1) is 0 Å². The second kappa shape index (κ2) is 7.19. The van der Waals surface area contributed by atoms with E-state index in [1.807, 2.05) is 24.3 Å². The Hall–Kier alpha value is -0.470. The molecule has 1 fully saturated rings. The second-order valence-electron chi connectivity index (χ2n) is 5.42. The Bertz CT molecular complexity index is 554. The molecule has 118 valence electrons. The summed E-state index contributed by atoms with van der Waals surface area (Å²) < 4.78 is 28.9. The van der Waals surface area contributed by atoms with Gasteiger partial charge in [0.1, 0.15) is 0 Å². The van der Waals surface area contributed by atoms with Crippen molar-refractivity contribution >= 4 is 26.1 Å². The topological polar surface area (TPSA) is 60.9 Å². The van der Waals surface area contributed by atoms with Gasteiger partial charge in [-0.2, -0.15) is 17.0 Å². The van der Waals surface area contributed by atoms with Crippen molar-refractivity contribution in [1.82, 2.24) is 8.61 Å². The molecule has 0 radical (unpaired) electrons. The Morgan fingerprint density at radius 1 is 1.29 bits per heavy atom. The van der Waals surface area contributed by atoms with Gasteiger partial charge in [-0.3, -0.25) is 0 Å². The highest BCUT2D eigenvalue weighted by atomic mass is 79.9. The van der Waals surface area contributed by atoms with Crippen molar-refractivity contribution < 1.29 is 13.5 Å². The van der Waals surface area contributed by atoms with E-state index < -0.39 is 10.2 Å². The maximum atomic E-state index is 12.5. The van der Waals surface area contributed by atoms with Gasteiger partial charge < -0.3 is 5.11 Å². The van der Waals surface area contributed by atoms with Crippen LogP contribution in [0.5, 0.6) is 0 Å². The highest BCUT2D eigenvalue weighted by Crippen LogP contribution is 2.21. The zero-order valence-corrected chi connectivity index (χ0v) is 14.5. The fourth-order valence-electron chi connectivity index (χ4n) is 2.45. The van der Waals surface area contributed by atoms with Gasteiger partial charge in [0.15, 0.2) is 0 Å². The van der Waals surface area contributed by atoms with Crippen LogP contribution in [0, 0.1) is 5.92 Å². The van der Waals surface area contributed by atoms with Crippen molar-refractivity contribution in [2.75, 3.05) is 26.7 Å². The average molecular weight is 377 g/mol. The summed E-state index contributed by atoms with van der Waals surface area (Å²) in [6.07, 6.45) is 1.45. The first-order valence-corrected chi connectivity index (χ1v) is 9.19. The summed E-state index contributed by atoms with van der Waals surface area (Å²) in [6, 6.07) is 7.63. The van der Waals surface area contributed by atoms with Crippen molar-refractivity contribution in [2.45, 2.75) is 19.4 Å². The number of piperidine rings is 1. The number of hydrogen-bond donors (Lipinski definition) is 1. The van der Waals surface area contributed by atoms with E-state index >= 15 is 0 Å². The molecule has 0 bridgehead atoms. The summed E-state index contributed by atoms with van der Waals surface area (Å²) in [5, 5.41) is 9.12. The minimum absolute atomic E-state index is 0.141. The van der Waals surface area contributed by atoms with E-state index in [2.05, 4.69) is 15.9 Å². The van der Waals surface area contributed by atoms with Crippen LogP contribution in [0.15, 0.2) is 28.7 Å². The molecule has 0 saturated carbocycles. The van der Waals surface area contributed by atoms with Gasteiger partial charge in [0, 0.05) is 37.8 Å². The predicted octanol–water partition coefficient (Wildman–Crippen LogP) is 1.83. The van der Waals surface area contributed by atoms with E-state index in [4.69, 9.17) is 5.11 Å². The van der Waals surface area contributed by atoms with Crippen molar-refractivity contribution in [3.63, 3.8) is 0 Å². The summed E-state index contributed by atoms with van der Waals surface area (Å²) in [7, 11) is -1.82. The maximum absolute atomic E-state index is 12.5. The van der Waals surface area contributed by atoms with Crippen LogP contribution in [0.4, 0.5) is 0 Å². The molecule has 1 aromatic rings. The first-order chi connectivity index (χ1) is 9.93. The van der Waals surface area contributed by atoms with Crippen molar-refractivity contribution in [2.24, 2.45) is 5.92 Å². The van der Waals surface area contributed by atoms with Gasteiger partial charge in [0.2, 0.25) is 0 Å². The van der Waals surface area contributed by atoms with E-state index in [1.165, 1.54) is 8.61 Å². The fourth-order valence-corrected chi connectivity index (χ4v) is 4.09. The van der Waals surface area contributed by atoms with E-state index in [9.17, 15) is 8.42 Å². The van der Waals surface area contributed by atoms with E-state index in [-0.39, 0.29) is 12.5 Å². The van der Waals surface area contributed by atoms with E-state index in [0.717, 1.165) is 22.9 Å². The Kier molecular flexibility index (Phi) is 5.79. The number of nitrogens with zero attached hydrogens (tertiary/aromatic N) is 2. The largest absolute Gasteiger partial charge is 0.396 e. The third-order valence-electron chi connectivity index (χ3n) is 3.87. The molecule has 0 spiro atoms. The zero-order chi connectivity index (χ0) is 15.5. The Balaban J connectivity index is 2.00. The molecule has 1 aliphatic heterocycles. The number of benzene rings is 1. The van der Waals surface area contributed by atoms with Crippen LogP contribution in [0.2, 0.25) is 0 Å². The van der Waals surface area contributed by atoms with Gasteiger partial charge in [-0.1, -0.05) is 28.1 Å². The summed E-state index contributed by atoms with van der Waals surface area (Å²) in [4.78, 5) is 0. The van der Waals surface area contributed by atoms with Gasteiger partial charge in [-0.15, -0.1) is 0 Å². The van der Waals surface area contributed by atoms with Crippen LogP contribution in [0.25, 0.3) is 0 Å². The van der Waals surface area contributed by atoms with Crippen molar-refractivity contribution in [3.8, 4) is 0 Å². The predicted molar refractivity (Wildman–Crippen MR) is 85.9 cm³/mol. The standard InChI is InChI=1S/C14H21BrN2O3S/c1-16(10-12-2-4-14(15)5-3-12)21(19,20)17-8-6-13(11-18)7-9-17/h2-5,13,18H,6-11H2,1H3. The molecule has 1 heterocycles. The SMILES string of the molecule is CN(Cc1ccc(Br)cc1)S(=O)(=O)N1CCC(CO)CC1. The molecule has 1 saturated heterocycles. The number of hydrogen-bond acceptors (Lipinski definition) is 3. The average Bonchev–Trinajstić information content (AvgIpc) is 2.49. The second-order valence-corrected chi connectivity index (χ2v) is 8.37. The molecule has 0 atom stereocenters. The lowest BCUT2D eigenvalue weighted by molar-refractivity contribution is 0.166. The lowest BCUT2D eigenvalue weighted by Gasteiger charge is -2.33. The third kappa shape index (κ3) is 4.26. The molecule has 1 N–H and O–H groups in total. The smallest absolute Gasteiger partial charge is 0.282 e. The summed E-state index contributed by atoms with van der Waals surface area (Å²) in [5.41, 5.74) is 0.953. The van der Waals surface area contributed by atoms with Gasteiger partial charge >= 0.3 is 0 Å². The zero-order valence-electron chi connectivity index (χ0n) is 12.1. The van der Waals surface area contributed by atoms with Crippen molar-refractivity contribution in [3.05, 3.63) is 34.3 Å². The Morgan fingerprint density at radius 3 is 2.38 bits per heavy atom. The number of aliphatic hydroxyl groups is 1. The number of halogens is 1. The lowest BCUT2D eigenvalue weighted by Crippen LogP contribution is -2.45. The van der Waals surface area contributed by atoms with Crippen LogP contribution < -0.4 is 0 Å². The first-order valence-electron chi connectivity index (χ1n) is 7.00. The van der Waals surface area contributed by atoms with E-state index in [0.29, 0.717) is 19.6 Å². The normalized spacial score (nSPS) is 18.3. The lowest BCUT2D eigenvalue weighted by atomic mass is 10.00. The first kappa shape index (κ1) is 16.9. The monoisotopic (exact) mass is 376 g/mol. The van der Waals surface area contributed by atoms with Crippen LogP contribution >= 0.6 is 15.9 Å². The summed E-state index contributed by atoms with van der Waals surface area (Å²) in [6.45, 7) is 1.47. The minimum Gasteiger partial charge on any atom is -0.396 e. The van der Waals surface area contributed by atoms with Crippen LogP contribution in [-0.4, -0.2) is 48.9 Å². The van der Waals surface area contributed by atoms with Gasteiger partial charge in [0.25, 0.3) is 10.2 Å². The summed E-state index contributed by atoms with van der Waals surface area (Å²) in [5.74, 6) is 0.230. The van der Waals surface area contributed by atoms with Crippen LogP contribution in [0.1, 0.15) is 18.4 Å². The molecule has 7 heteroatoms. The van der Waals surface area contributed by atoms with Crippen molar-refractivity contribution in [1.29, 1.82) is 0 Å². The molecule has 0 aromatic heterocycles. The molecule has 1 aromatic carbocycles. The molecular formula is C14H21BrN2O3S. The van der Waals surface area contributed by atoms with Gasteiger partial charge in [-0.05, 0) is 36.5 Å². The van der Waals surface area contributed by atoms with E-state index in [1.54, 1.807) is 7.05 Å². The molecule has 0 amide bonds. The minimum atomic E-state index is -3.43.